The first-order valence-electron chi connectivity index (χ1n) is 7.22. The topological polar surface area (TPSA) is 82.1 Å². The molecule has 0 spiro atoms. The van der Waals surface area contributed by atoms with Gasteiger partial charge in [0.15, 0.2) is 0 Å². The first-order chi connectivity index (χ1) is 11.5. The molecule has 0 aromatic heterocycles. The molecule has 1 unspecified atom stereocenters. The van der Waals surface area contributed by atoms with Crippen LogP contribution in [0.1, 0.15) is 18.1 Å². The molecule has 0 aliphatic heterocycles. The summed E-state index contributed by atoms with van der Waals surface area (Å²) in [5.41, 5.74) is 1.53. The number of phosphoric acid groups is 1. The first kappa shape index (κ1) is 18.1. The smallest absolute Gasteiger partial charge is 0.300 e. The van der Waals surface area contributed by atoms with Crippen LogP contribution < -0.4 is 0 Å². The normalized spacial score (nSPS) is 14.0. The van der Waals surface area contributed by atoms with Crippen LogP contribution in [-0.2, 0) is 23.4 Å². The molecular formula is C17H17O6P. The third-order valence-electron chi connectivity index (χ3n) is 2.91. The SMILES string of the molecule is CCOP(=O)(O)OOC(=O)C(=Cc1ccccc1)c1ccccc1. The lowest BCUT2D eigenvalue weighted by Crippen LogP contribution is -2.08. The highest BCUT2D eigenvalue weighted by Crippen LogP contribution is 2.43. The molecule has 24 heavy (non-hydrogen) atoms. The van der Waals surface area contributed by atoms with Gasteiger partial charge in [-0.05, 0) is 24.1 Å². The van der Waals surface area contributed by atoms with E-state index in [1.807, 2.05) is 36.4 Å². The van der Waals surface area contributed by atoms with E-state index in [1.165, 1.54) is 6.92 Å². The van der Waals surface area contributed by atoms with Crippen molar-refractivity contribution in [1.82, 2.24) is 0 Å². The Kier molecular flexibility index (Phi) is 6.46. The summed E-state index contributed by atoms with van der Waals surface area (Å²) >= 11 is 0. The minimum atomic E-state index is -4.43. The molecule has 2 aromatic rings. The van der Waals surface area contributed by atoms with Gasteiger partial charge in [0.25, 0.3) is 0 Å². The standard InChI is InChI=1S/C17H17O6P/c1-2-21-24(19,20)23-22-17(18)16(15-11-7-4-8-12-15)13-14-9-5-3-6-10-14/h3-13H,2H2,1H3,(H,19,20). The number of carbonyl (C=O) groups is 1. The first-order valence-corrected chi connectivity index (χ1v) is 8.71. The molecular weight excluding hydrogens is 331 g/mol. The highest BCUT2D eigenvalue weighted by molar-refractivity contribution is 7.47. The highest BCUT2D eigenvalue weighted by atomic mass is 31.2. The predicted octanol–water partition coefficient (Wildman–Crippen LogP) is 3.84. The summed E-state index contributed by atoms with van der Waals surface area (Å²) in [6, 6.07) is 17.9. The lowest BCUT2D eigenvalue weighted by atomic mass is 10.0. The van der Waals surface area contributed by atoms with Crippen molar-refractivity contribution in [2.24, 2.45) is 0 Å². The highest BCUT2D eigenvalue weighted by Gasteiger charge is 2.25. The van der Waals surface area contributed by atoms with E-state index in [0.717, 1.165) is 5.56 Å². The summed E-state index contributed by atoms with van der Waals surface area (Å²) in [5.74, 6) is -0.904. The van der Waals surface area contributed by atoms with Crippen molar-refractivity contribution in [3.63, 3.8) is 0 Å². The maximum Gasteiger partial charge on any atom is 0.508 e. The molecule has 2 rings (SSSR count). The molecule has 0 bridgehead atoms. The van der Waals surface area contributed by atoms with Crippen molar-refractivity contribution >= 4 is 25.4 Å². The molecule has 0 saturated heterocycles. The molecule has 126 valence electrons. The number of benzene rings is 2. The van der Waals surface area contributed by atoms with Gasteiger partial charge in [0.2, 0.25) is 0 Å². The summed E-state index contributed by atoms with van der Waals surface area (Å²) < 4.78 is 20.2. The monoisotopic (exact) mass is 348 g/mol. The molecule has 0 radical (unpaired) electrons. The van der Waals surface area contributed by atoms with Crippen LogP contribution in [0.3, 0.4) is 0 Å². The Morgan fingerprint density at radius 3 is 2.25 bits per heavy atom. The van der Waals surface area contributed by atoms with E-state index in [2.05, 4.69) is 14.1 Å². The van der Waals surface area contributed by atoms with Crippen LogP contribution in [0, 0.1) is 0 Å². The van der Waals surface area contributed by atoms with Crippen LogP contribution in [0.2, 0.25) is 0 Å². The molecule has 1 atom stereocenters. The van der Waals surface area contributed by atoms with Gasteiger partial charge >= 0.3 is 13.8 Å². The Labute approximate surface area is 139 Å². The maximum atomic E-state index is 12.3. The van der Waals surface area contributed by atoms with Gasteiger partial charge in [-0.2, -0.15) is 0 Å². The van der Waals surface area contributed by atoms with Crippen molar-refractivity contribution in [2.45, 2.75) is 6.92 Å². The van der Waals surface area contributed by atoms with Crippen molar-refractivity contribution in [3.05, 3.63) is 71.8 Å². The second kappa shape index (κ2) is 8.57. The van der Waals surface area contributed by atoms with Crippen LogP contribution in [0.25, 0.3) is 11.6 Å². The van der Waals surface area contributed by atoms with E-state index in [9.17, 15) is 14.3 Å². The van der Waals surface area contributed by atoms with Gasteiger partial charge in [-0.15, -0.1) is 0 Å². The van der Waals surface area contributed by atoms with Crippen molar-refractivity contribution in [1.29, 1.82) is 0 Å². The molecule has 0 saturated carbocycles. The van der Waals surface area contributed by atoms with Gasteiger partial charge in [-0.3, -0.25) is 9.41 Å². The zero-order chi connectivity index (χ0) is 17.4. The number of rotatable bonds is 7. The Hall–Kier alpha value is -2.24. The number of phosphoric ester groups is 1. The largest absolute Gasteiger partial charge is 0.508 e. The number of hydrogen-bond donors (Lipinski definition) is 1. The lowest BCUT2D eigenvalue weighted by Gasteiger charge is -2.11. The molecule has 0 aliphatic rings. The molecule has 6 nitrogen and oxygen atoms in total. The van der Waals surface area contributed by atoms with Gasteiger partial charge in [-0.1, -0.05) is 65.3 Å². The van der Waals surface area contributed by atoms with Gasteiger partial charge in [0.05, 0.1) is 12.2 Å². The maximum absolute atomic E-state index is 12.3. The summed E-state index contributed by atoms with van der Waals surface area (Å²) in [7, 11) is -4.43. The zero-order valence-electron chi connectivity index (χ0n) is 13.0. The molecule has 0 fully saturated rings. The Morgan fingerprint density at radius 2 is 1.67 bits per heavy atom. The van der Waals surface area contributed by atoms with Crippen LogP contribution in [0.15, 0.2) is 60.7 Å². The molecule has 0 heterocycles. The van der Waals surface area contributed by atoms with E-state index in [0.29, 0.717) is 5.56 Å². The number of carbonyl (C=O) groups excluding carboxylic acids is 1. The molecule has 2 aromatic carbocycles. The zero-order valence-corrected chi connectivity index (χ0v) is 13.9. The molecule has 1 N–H and O–H groups in total. The van der Waals surface area contributed by atoms with E-state index in [1.54, 1.807) is 30.3 Å². The number of hydrogen-bond acceptors (Lipinski definition) is 5. The van der Waals surface area contributed by atoms with Crippen LogP contribution in [0.5, 0.6) is 0 Å². The Morgan fingerprint density at radius 1 is 1.08 bits per heavy atom. The van der Waals surface area contributed by atoms with E-state index in [-0.39, 0.29) is 12.2 Å². The van der Waals surface area contributed by atoms with Gasteiger partial charge in [0, 0.05) is 0 Å². The minimum Gasteiger partial charge on any atom is -0.300 e. The van der Waals surface area contributed by atoms with E-state index >= 15 is 0 Å². The lowest BCUT2D eigenvalue weighted by molar-refractivity contribution is -0.216. The Bertz CT molecular complexity index is 742. The average molecular weight is 348 g/mol. The second-order valence-corrected chi connectivity index (χ2v) is 6.01. The predicted molar refractivity (Wildman–Crippen MR) is 89.4 cm³/mol. The third kappa shape index (κ3) is 5.44. The molecule has 0 amide bonds. The second-order valence-electron chi connectivity index (χ2n) is 4.67. The summed E-state index contributed by atoms with van der Waals surface area (Å²) in [4.78, 5) is 26.1. The average Bonchev–Trinajstić information content (AvgIpc) is 2.59. The third-order valence-corrected chi connectivity index (χ3v) is 3.76. The van der Waals surface area contributed by atoms with Crippen molar-refractivity contribution in [3.8, 4) is 0 Å². The fraction of sp³-hybridized carbons (Fsp3) is 0.118. The fourth-order valence-electron chi connectivity index (χ4n) is 1.90. The molecule has 0 aliphatic carbocycles. The quantitative estimate of drug-likeness (QED) is 0.269. The van der Waals surface area contributed by atoms with E-state index in [4.69, 9.17) is 0 Å². The fourth-order valence-corrected chi connectivity index (χ4v) is 2.44. The van der Waals surface area contributed by atoms with Crippen LogP contribution in [0.4, 0.5) is 0 Å². The summed E-state index contributed by atoms with van der Waals surface area (Å²) in [6.07, 6.45) is 1.60. The van der Waals surface area contributed by atoms with Crippen LogP contribution >= 0.6 is 7.82 Å². The summed E-state index contributed by atoms with van der Waals surface area (Å²) in [5, 5.41) is 0. The van der Waals surface area contributed by atoms with Crippen molar-refractivity contribution < 1.29 is 28.3 Å². The van der Waals surface area contributed by atoms with Crippen LogP contribution in [-0.4, -0.2) is 17.5 Å². The van der Waals surface area contributed by atoms with Gasteiger partial charge in [0.1, 0.15) is 0 Å². The molecule has 7 heteroatoms. The van der Waals surface area contributed by atoms with E-state index < -0.39 is 13.8 Å². The van der Waals surface area contributed by atoms with Gasteiger partial charge < -0.3 is 4.89 Å². The van der Waals surface area contributed by atoms with Crippen molar-refractivity contribution in [2.75, 3.05) is 6.61 Å². The minimum absolute atomic E-state index is 0.0588. The Balaban J connectivity index is 2.25. The van der Waals surface area contributed by atoms with Gasteiger partial charge in [-0.25, -0.2) is 9.36 Å². The summed E-state index contributed by atoms with van der Waals surface area (Å²) in [6.45, 7) is 1.45.